The molecular formula is C19H28O3. The minimum atomic E-state index is -0.346. The number of carbonyl (C=O) groups is 1. The van der Waals surface area contributed by atoms with Gasteiger partial charge in [0.05, 0.1) is 12.2 Å². The molecular weight excluding hydrogens is 276 g/mol. The summed E-state index contributed by atoms with van der Waals surface area (Å²) in [5.41, 5.74) is 1.17. The molecule has 0 spiro atoms. The van der Waals surface area contributed by atoms with Crippen LogP contribution in [0.25, 0.3) is 0 Å². The van der Waals surface area contributed by atoms with Gasteiger partial charge in [-0.25, -0.2) is 0 Å². The molecule has 0 saturated heterocycles. The molecule has 7 atom stereocenters. The third-order valence-corrected chi connectivity index (χ3v) is 7.84. The minimum Gasteiger partial charge on any atom is -0.393 e. The van der Waals surface area contributed by atoms with Crippen LogP contribution < -0.4 is 0 Å². The number of ketones is 1. The van der Waals surface area contributed by atoms with Gasteiger partial charge in [0.1, 0.15) is 0 Å². The molecule has 0 aromatic carbocycles. The Morgan fingerprint density at radius 3 is 2.68 bits per heavy atom. The average molecular weight is 304 g/mol. The molecule has 22 heavy (non-hydrogen) atoms. The predicted octanol–water partition coefficient (Wildman–Crippen LogP) is 2.85. The van der Waals surface area contributed by atoms with Crippen molar-refractivity contribution in [3.05, 3.63) is 11.6 Å². The largest absolute Gasteiger partial charge is 0.393 e. The average Bonchev–Trinajstić information content (AvgIpc) is 2.75. The Morgan fingerprint density at radius 2 is 1.91 bits per heavy atom. The first-order valence-electron chi connectivity index (χ1n) is 8.96. The number of aliphatic hydroxyl groups is 2. The molecule has 3 fully saturated rings. The van der Waals surface area contributed by atoms with Crippen molar-refractivity contribution < 1.29 is 15.0 Å². The molecule has 0 bridgehead atoms. The fourth-order valence-corrected chi connectivity index (χ4v) is 6.66. The summed E-state index contributed by atoms with van der Waals surface area (Å²) in [7, 11) is 0. The second-order valence-electron chi connectivity index (χ2n) is 8.76. The first-order valence-corrected chi connectivity index (χ1v) is 8.96. The lowest BCUT2D eigenvalue weighted by atomic mass is 9.46. The van der Waals surface area contributed by atoms with Crippen molar-refractivity contribution in [1.29, 1.82) is 0 Å². The Bertz CT molecular complexity index is 539. The zero-order valence-corrected chi connectivity index (χ0v) is 13.7. The van der Waals surface area contributed by atoms with Crippen molar-refractivity contribution in [1.82, 2.24) is 0 Å². The van der Waals surface area contributed by atoms with E-state index < -0.39 is 0 Å². The van der Waals surface area contributed by atoms with Crippen molar-refractivity contribution in [3.8, 4) is 0 Å². The highest BCUT2D eigenvalue weighted by molar-refractivity contribution is 5.91. The van der Waals surface area contributed by atoms with Gasteiger partial charge in [-0.3, -0.25) is 4.79 Å². The number of rotatable bonds is 0. The van der Waals surface area contributed by atoms with Crippen LogP contribution in [-0.2, 0) is 4.79 Å². The van der Waals surface area contributed by atoms with E-state index in [-0.39, 0.29) is 34.7 Å². The van der Waals surface area contributed by atoms with Gasteiger partial charge in [0, 0.05) is 6.42 Å². The summed E-state index contributed by atoms with van der Waals surface area (Å²) in [4.78, 5) is 11.8. The summed E-state index contributed by atoms with van der Waals surface area (Å²) < 4.78 is 0. The molecule has 4 aliphatic carbocycles. The summed E-state index contributed by atoms with van der Waals surface area (Å²) in [5.74, 6) is 1.56. The van der Waals surface area contributed by atoms with Crippen LogP contribution in [0.5, 0.6) is 0 Å². The zero-order chi connectivity index (χ0) is 15.7. The number of hydrogen-bond acceptors (Lipinski definition) is 3. The SMILES string of the molecule is C[C@]12CCC(=O)C=C1CC[C@@H]1[C@@H]2C(O)C[C@]2(C)C(O)CC[C@@H]12. The quantitative estimate of drug-likeness (QED) is 0.723. The lowest BCUT2D eigenvalue weighted by molar-refractivity contribution is -0.142. The number of allylic oxidation sites excluding steroid dienone is 1. The van der Waals surface area contributed by atoms with Gasteiger partial charge in [-0.1, -0.05) is 19.4 Å². The summed E-state index contributed by atoms with van der Waals surface area (Å²) in [6.45, 7) is 4.46. The second-order valence-corrected chi connectivity index (χ2v) is 8.76. The van der Waals surface area contributed by atoms with Gasteiger partial charge in [-0.2, -0.15) is 0 Å². The van der Waals surface area contributed by atoms with Crippen LogP contribution >= 0.6 is 0 Å². The standard InChI is InChI=1S/C19H28O3/c1-18-8-7-12(20)9-11(18)3-4-13-14-5-6-16(22)19(14,2)10-15(21)17(13)18/h9,13-17,21-22H,3-8,10H2,1-2H3/t13-,14-,15?,16?,17+,18-,19-/m0/s1. The Balaban J connectivity index is 1.74. The highest BCUT2D eigenvalue weighted by Crippen LogP contribution is 2.65. The molecule has 3 saturated carbocycles. The number of fused-ring (bicyclic) bond motifs is 5. The van der Waals surface area contributed by atoms with E-state index in [1.165, 1.54) is 5.57 Å². The Labute approximate surface area is 132 Å². The lowest BCUT2D eigenvalue weighted by Gasteiger charge is -2.59. The molecule has 0 heterocycles. The minimum absolute atomic E-state index is 0.00881. The second kappa shape index (κ2) is 4.67. The van der Waals surface area contributed by atoms with E-state index in [0.717, 1.165) is 38.5 Å². The molecule has 2 N–H and O–H groups in total. The molecule has 0 radical (unpaired) electrons. The summed E-state index contributed by atoms with van der Waals surface area (Å²) in [6, 6.07) is 0. The fourth-order valence-electron chi connectivity index (χ4n) is 6.66. The van der Waals surface area contributed by atoms with E-state index in [9.17, 15) is 15.0 Å². The van der Waals surface area contributed by atoms with Crippen LogP contribution in [0, 0.1) is 28.6 Å². The highest BCUT2D eigenvalue weighted by Gasteiger charge is 2.61. The molecule has 2 unspecified atom stereocenters. The molecule has 4 aliphatic rings. The molecule has 4 rings (SSSR count). The van der Waals surface area contributed by atoms with Crippen LogP contribution in [0.3, 0.4) is 0 Å². The maximum absolute atomic E-state index is 11.8. The fraction of sp³-hybridized carbons (Fsp3) is 0.842. The van der Waals surface area contributed by atoms with Gasteiger partial charge in [0.2, 0.25) is 0 Å². The molecule has 0 aromatic rings. The number of hydrogen-bond donors (Lipinski definition) is 2. The topological polar surface area (TPSA) is 57.5 Å². The van der Waals surface area contributed by atoms with Crippen LogP contribution in [0.4, 0.5) is 0 Å². The number of aliphatic hydroxyl groups excluding tert-OH is 2. The first-order chi connectivity index (χ1) is 10.4. The molecule has 122 valence electrons. The van der Waals surface area contributed by atoms with Gasteiger partial charge in [-0.05, 0) is 73.2 Å². The van der Waals surface area contributed by atoms with E-state index in [1.54, 1.807) is 0 Å². The van der Waals surface area contributed by atoms with Gasteiger partial charge in [-0.15, -0.1) is 0 Å². The van der Waals surface area contributed by atoms with Crippen molar-refractivity contribution >= 4 is 5.78 Å². The summed E-state index contributed by atoms with van der Waals surface area (Å²) >= 11 is 0. The Kier molecular flexibility index (Phi) is 3.16. The van der Waals surface area contributed by atoms with E-state index in [1.807, 2.05) is 6.08 Å². The van der Waals surface area contributed by atoms with Crippen LogP contribution in [0.1, 0.15) is 58.8 Å². The maximum Gasteiger partial charge on any atom is 0.155 e. The number of carbonyl (C=O) groups excluding carboxylic acids is 1. The van der Waals surface area contributed by atoms with E-state index in [4.69, 9.17) is 0 Å². The summed E-state index contributed by atoms with van der Waals surface area (Å²) in [5, 5.41) is 21.4. The van der Waals surface area contributed by atoms with Crippen molar-refractivity contribution in [2.24, 2.45) is 28.6 Å². The zero-order valence-electron chi connectivity index (χ0n) is 13.7. The molecule has 3 heteroatoms. The third-order valence-electron chi connectivity index (χ3n) is 7.84. The van der Waals surface area contributed by atoms with Crippen LogP contribution in [0.2, 0.25) is 0 Å². The van der Waals surface area contributed by atoms with Crippen molar-refractivity contribution in [2.75, 3.05) is 0 Å². The Morgan fingerprint density at radius 1 is 1.14 bits per heavy atom. The van der Waals surface area contributed by atoms with Gasteiger partial charge < -0.3 is 10.2 Å². The normalized spacial score (nSPS) is 54.3. The Hall–Kier alpha value is -0.670. The van der Waals surface area contributed by atoms with Crippen LogP contribution in [-0.4, -0.2) is 28.2 Å². The van der Waals surface area contributed by atoms with Crippen molar-refractivity contribution in [3.63, 3.8) is 0 Å². The van der Waals surface area contributed by atoms with Gasteiger partial charge in [0.15, 0.2) is 5.78 Å². The molecule has 3 nitrogen and oxygen atoms in total. The van der Waals surface area contributed by atoms with Crippen LogP contribution in [0.15, 0.2) is 11.6 Å². The van der Waals surface area contributed by atoms with E-state index >= 15 is 0 Å². The van der Waals surface area contributed by atoms with Gasteiger partial charge in [0.25, 0.3) is 0 Å². The molecule has 0 aliphatic heterocycles. The molecule has 0 amide bonds. The maximum atomic E-state index is 11.8. The summed E-state index contributed by atoms with van der Waals surface area (Å²) in [6.07, 6.45) is 7.56. The predicted molar refractivity (Wildman–Crippen MR) is 84.1 cm³/mol. The third kappa shape index (κ3) is 1.78. The van der Waals surface area contributed by atoms with Crippen molar-refractivity contribution in [2.45, 2.75) is 71.0 Å². The molecule has 0 aromatic heterocycles. The first kappa shape index (κ1) is 14.9. The highest BCUT2D eigenvalue weighted by atomic mass is 16.3. The van der Waals surface area contributed by atoms with Gasteiger partial charge >= 0.3 is 0 Å². The smallest absolute Gasteiger partial charge is 0.155 e. The van der Waals surface area contributed by atoms with E-state index in [0.29, 0.717) is 18.3 Å². The lowest BCUT2D eigenvalue weighted by Crippen LogP contribution is -2.57. The van der Waals surface area contributed by atoms with E-state index in [2.05, 4.69) is 13.8 Å². The monoisotopic (exact) mass is 304 g/mol.